The number of nitrogens with zero attached hydrogens (tertiary/aromatic N) is 2. The highest BCUT2D eigenvalue weighted by atomic mass is 32.1. The molecule has 1 amide bonds. The molecule has 32 heavy (non-hydrogen) atoms. The molecule has 2 heterocycles. The molecule has 2 aromatic heterocycles. The highest BCUT2D eigenvalue weighted by molar-refractivity contribution is 7.17. The normalized spacial score (nSPS) is 13.3. The average molecular weight is 455 g/mol. The van der Waals surface area contributed by atoms with Crippen molar-refractivity contribution in [3.63, 3.8) is 0 Å². The minimum absolute atomic E-state index is 0.158. The van der Waals surface area contributed by atoms with Crippen LogP contribution in [0.3, 0.4) is 0 Å². The second kappa shape index (κ2) is 8.91. The Morgan fingerprint density at radius 1 is 1.16 bits per heavy atom. The number of carboxylic acid groups (broad SMARTS) is 1. The maximum Gasteiger partial charge on any atom is 0.357 e. The number of fused-ring (bicyclic) bond motifs is 2. The summed E-state index contributed by atoms with van der Waals surface area (Å²) < 4.78 is 5.77. The summed E-state index contributed by atoms with van der Waals surface area (Å²) >= 11 is 1.34. The summed E-state index contributed by atoms with van der Waals surface area (Å²) in [5, 5.41) is 16.8. The third kappa shape index (κ3) is 4.01. The molecule has 0 bridgehead atoms. The fraction of sp³-hybridized carbons (Fsp3) is 0.318. The number of aryl methyl sites for hydroxylation is 1. The molecule has 0 saturated heterocycles. The lowest BCUT2D eigenvalue weighted by atomic mass is 10.1. The summed E-state index contributed by atoms with van der Waals surface area (Å²) in [4.78, 5) is 50.7. The summed E-state index contributed by atoms with van der Waals surface area (Å²) in [6.07, 6.45) is 4.60. The number of nitrogens with one attached hydrogen (secondary N) is 1. The van der Waals surface area contributed by atoms with Gasteiger partial charge in [0, 0.05) is 10.3 Å². The topological polar surface area (TPSA) is 128 Å². The number of rotatable bonds is 5. The average Bonchev–Trinajstić information content (AvgIpc) is 2.95. The first-order chi connectivity index (χ1) is 15.4. The molecule has 1 aliphatic rings. The molecule has 166 valence electrons. The number of carbonyl (C=O) groups excluding carboxylic acids is 2. The third-order valence-electron chi connectivity index (χ3n) is 5.43. The number of thiophene rings is 1. The Morgan fingerprint density at radius 3 is 2.59 bits per heavy atom. The molecule has 1 aromatic carbocycles. The van der Waals surface area contributed by atoms with Gasteiger partial charge in [0.15, 0.2) is 5.69 Å². The predicted octanol–water partition coefficient (Wildman–Crippen LogP) is 2.85. The number of benzene rings is 1. The van der Waals surface area contributed by atoms with Crippen molar-refractivity contribution in [1.82, 2.24) is 9.78 Å². The number of aromatic nitrogens is 2. The van der Waals surface area contributed by atoms with Crippen LogP contribution in [0.15, 0.2) is 29.1 Å². The van der Waals surface area contributed by atoms with E-state index in [0.29, 0.717) is 10.6 Å². The molecular weight excluding hydrogens is 434 g/mol. The number of carboxylic acids is 1. The molecule has 4 rings (SSSR count). The van der Waals surface area contributed by atoms with Crippen LogP contribution in [-0.2, 0) is 28.9 Å². The van der Waals surface area contributed by atoms with Crippen molar-refractivity contribution in [2.24, 2.45) is 0 Å². The molecule has 0 unspecified atom stereocenters. The molecule has 2 N–H and O–H groups in total. The SMILES string of the molecule is COC(=O)c1c(NC(=O)Cn2nc(C(=O)O)c3ccccc3c2=O)sc2c1CCCCC2. The molecule has 0 aliphatic heterocycles. The highest BCUT2D eigenvalue weighted by Gasteiger charge is 2.26. The molecule has 3 aromatic rings. The summed E-state index contributed by atoms with van der Waals surface area (Å²) in [5.74, 6) is -2.41. The number of esters is 1. The first-order valence-electron chi connectivity index (χ1n) is 10.2. The van der Waals surface area contributed by atoms with Gasteiger partial charge in [0.25, 0.3) is 5.56 Å². The second-order valence-electron chi connectivity index (χ2n) is 7.47. The molecule has 10 heteroatoms. The van der Waals surface area contributed by atoms with Gasteiger partial charge in [-0.3, -0.25) is 9.59 Å². The Kier molecular flexibility index (Phi) is 6.04. The largest absolute Gasteiger partial charge is 0.476 e. The van der Waals surface area contributed by atoms with E-state index in [4.69, 9.17) is 4.74 Å². The van der Waals surface area contributed by atoms with E-state index in [2.05, 4.69) is 10.4 Å². The molecule has 0 fully saturated rings. The zero-order chi connectivity index (χ0) is 22.8. The van der Waals surface area contributed by atoms with Gasteiger partial charge >= 0.3 is 11.9 Å². The lowest BCUT2D eigenvalue weighted by Crippen LogP contribution is -2.31. The van der Waals surface area contributed by atoms with E-state index >= 15 is 0 Å². The molecule has 0 radical (unpaired) electrons. The fourth-order valence-corrected chi connectivity index (χ4v) is 5.24. The fourth-order valence-electron chi connectivity index (χ4n) is 3.95. The van der Waals surface area contributed by atoms with Crippen molar-refractivity contribution in [3.05, 3.63) is 56.3 Å². The van der Waals surface area contributed by atoms with Crippen LogP contribution < -0.4 is 10.9 Å². The van der Waals surface area contributed by atoms with Gasteiger partial charge in [-0.05, 0) is 37.3 Å². The van der Waals surface area contributed by atoms with E-state index in [0.717, 1.165) is 47.2 Å². The van der Waals surface area contributed by atoms with Crippen molar-refractivity contribution >= 4 is 45.0 Å². The van der Waals surface area contributed by atoms with Gasteiger partial charge in [0.2, 0.25) is 5.91 Å². The quantitative estimate of drug-likeness (QED) is 0.447. The third-order valence-corrected chi connectivity index (χ3v) is 6.63. The van der Waals surface area contributed by atoms with Gasteiger partial charge in [0.05, 0.1) is 18.1 Å². The lowest BCUT2D eigenvalue weighted by molar-refractivity contribution is -0.117. The van der Waals surface area contributed by atoms with Gasteiger partial charge in [-0.25, -0.2) is 14.3 Å². The Balaban J connectivity index is 1.67. The van der Waals surface area contributed by atoms with Crippen LogP contribution in [0, 0.1) is 0 Å². The van der Waals surface area contributed by atoms with Crippen molar-refractivity contribution in [3.8, 4) is 0 Å². The minimum Gasteiger partial charge on any atom is -0.476 e. The minimum atomic E-state index is -1.30. The van der Waals surface area contributed by atoms with Crippen LogP contribution in [0.5, 0.6) is 0 Å². The number of aromatic carboxylic acids is 1. The molecule has 0 spiro atoms. The monoisotopic (exact) mass is 455 g/mol. The zero-order valence-corrected chi connectivity index (χ0v) is 18.2. The number of methoxy groups -OCH3 is 1. The van der Waals surface area contributed by atoms with Crippen LogP contribution >= 0.6 is 11.3 Å². The predicted molar refractivity (Wildman–Crippen MR) is 119 cm³/mol. The Hall–Kier alpha value is -3.53. The van der Waals surface area contributed by atoms with Crippen molar-refractivity contribution in [2.75, 3.05) is 12.4 Å². The van der Waals surface area contributed by atoms with Gasteiger partial charge < -0.3 is 15.2 Å². The van der Waals surface area contributed by atoms with Crippen molar-refractivity contribution in [1.29, 1.82) is 0 Å². The van der Waals surface area contributed by atoms with E-state index in [1.165, 1.54) is 30.6 Å². The number of hydrogen-bond donors (Lipinski definition) is 2. The second-order valence-corrected chi connectivity index (χ2v) is 8.58. The Bertz CT molecular complexity index is 1290. The van der Waals surface area contributed by atoms with Gasteiger partial charge in [-0.1, -0.05) is 24.6 Å². The number of carbonyl (C=O) groups is 3. The Labute approximate surface area is 186 Å². The molecular formula is C22H21N3O6S. The van der Waals surface area contributed by atoms with Crippen LogP contribution in [0.4, 0.5) is 5.00 Å². The van der Waals surface area contributed by atoms with E-state index in [-0.39, 0.29) is 16.5 Å². The lowest BCUT2D eigenvalue weighted by Gasteiger charge is -2.10. The summed E-state index contributed by atoms with van der Waals surface area (Å²) in [6, 6.07) is 6.22. The number of ether oxygens (including phenoxy) is 1. The first-order valence-corrected chi connectivity index (χ1v) is 11.0. The van der Waals surface area contributed by atoms with Crippen LogP contribution in [-0.4, -0.2) is 39.8 Å². The first kappa shape index (κ1) is 21.7. The smallest absolute Gasteiger partial charge is 0.357 e. The highest BCUT2D eigenvalue weighted by Crippen LogP contribution is 2.37. The van der Waals surface area contributed by atoms with Crippen molar-refractivity contribution < 1.29 is 24.2 Å². The molecule has 9 nitrogen and oxygen atoms in total. The molecule has 0 saturated carbocycles. The van der Waals surface area contributed by atoms with E-state index < -0.39 is 29.9 Å². The van der Waals surface area contributed by atoms with Gasteiger partial charge in [-0.2, -0.15) is 5.10 Å². The maximum atomic E-state index is 12.8. The number of amides is 1. The van der Waals surface area contributed by atoms with Crippen LogP contribution in [0.1, 0.15) is 50.5 Å². The van der Waals surface area contributed by atoms with E-state index in [9.17, 15) is 24.3 Å². The van der Waals surface area contributed by atoms with Crippen molar-refractivity contribution in [2.45, 2.75) is 38.6 Å². The number of anilines is 1. The van der Waals surface area contributed by atoms with E-state index in [1.807, 2.05) is 0 Å². The standard InChI is InChI=1S/C22H21N3O6S/c1-31-22(30)17-14-9-3-2-4-10-15(14)32-19(17)23-16(26)11-25-20(27)13-8-6-5-7-12(13)18(24-25)21(28)29/h5-8H,2-4,9-11H2,1H3,(H,23,26)(H,28,29). The summed E-state index contributed by atoms with van der Waals surface area (Å²) in [7, 11) is 1.29. The van der Waals surface area contributed by atoms with Gasteiger partial charge in [0.1, 0.15) is 11.5 Å². The van der Waals surface area contributed by atoms with Crippen LogP contribution in [0.25, 0.3) is 10.8 Å². The molecule has 0 atom stereocenters. The molecule has 1 aliphatic carbocycles. The van der Waals surface area contributed by atoms with Crippen LogP contribution in [0.2, 0.25) is 0 Å². The number of hydrogen-bond acceptors (Lipinski definition) is 7. The Morgan fingerprint density at radius 2 is 1.88 bits per heavy atom. The maximum absolute atomic E-state index is 12.8. The summed E-state index contributed by atoms with van der Waals surface area (Å²) in [6.45, 7) is -0.493. The summed E-state index contributed by atoms with van der Waals surface area (Å²) in [5.41, 5.74) is 0.374. The van der Waals surface area contributed by atoms with Gasteiger partial charge in [-0.15, -0.1) is 11.3 Å². The zero-order valence-electron chi connectivity index (χ0n) is 17.3. The van der Waals surface area contributed by atoms with E-state index in [1.54, 1.807) is 12.1 Å².